The van der Waals surface area contributed by atoms with Crippen LogP contribution in [0.15, 0.2) is 0 Å². The highest BCUT2D eigenvalue weighted by Gasteiger charge is 1.83. The van der Waals surface area contributed by atoms with E-state index >= 15 is 0 Å². The van der Waals surface area contributed by atoms with Crippen LogP contribution in [-0.4, -0.2) is 54.3 Å². The summed E-state index contributed by atoms with van der Waals surface area (Å²) in [6.07, 6.45) is -0.481. The van der Waals surface area contributed by atoms with Crippen LogP contribution in [0.5, 0.6) is 0 Å². The number of aliphatic hydroxyl groups is 2. The molecule has 0 aromatic rings. The average Bonchev–Trinajstić information content (AvgIpc) is 2.02. The van der Waals surface area contributed by atoms with E-state index in [9.17, 15) is 0 Å². The van der Waals surface area contributed by atoms with Gasteiger partial charge < -0.3 is 30.0 Å². The van der Waals surface area contributed by atoms with Crippen molar-refractivity contribution >= 4 is 10.4 Å². The van der Waals surface area contributed by atoms with Gasteiger partial charge in [-0.1, -0.05) is 0 Å². The lowest BCUT2D eigenvalue weighted by Crippen LogP contribution is -2.85. The Balaban J connectivity index is -0.000000144. The molecule has 0 saturated heterocycles. The first-order valence-corrected chi connectivity index (χ1v) is 5.49. The third kappa shape index (κ3) is 137. The monoisotopic (exact) mass is 248 g/mol. The molecule has 0 bridgehead atoms. The smallest absolute Gasteiger partial charge is 0.184 e. The molecule has 96 valence electrons. The lowest BCUT2D eigenvalue weighted by Gasteiger charge is -2.06. The van der Waals surface area contributed by atoms with Gasteiger partial charge in [-0.05, 0) is 0 Å². The molecule has 0 rings (SSSR count). The minimum Gasteiger partial charge on any atom is -0.759 e. The second kappa shape index (κ2) is 11.8. The van der Waals surface area contributed by atoms with Crippen molar-refractivity contribution in [2.24, 2.45) is 0 Å². The summed E-state index contributed by atoms with van der Waals surface area (Å²) in [6.45, 7) is 3.44. The van der Waals surface area contributed by atoms with Crippen molar-refractivity contribution in [3.05, 3.63) is 0 Å². The van der Waals surface area contributed by atoms with Crippen LogP contribution >= 0.6 is 0 Å². The number of hydrogen-bond acceptors (Lipinski definition) is 6. The van der Waals surface area contributed by atoms with Gasteiger partial charge in [0.1, 0.15) is 0 Å². The van der Waals surface area contributed by atoms with Crippen molar-refractivity contribution < 1.29 is 38.4 Å². The van der Waals surface area contributed by atoms with Gasteiger partial charge in [0.15, 0.2) is 12.5 Å². The first-order chi connectivity index (χ1) is 6.54. The van der Waals surface area contributed by atoms with Crippen LogP contribution in [0, 0.1) is 0 Å². The summed E-state index contributed by atoms with van der Waals surface area (Å²) < 4.78 is 34.1. The molecule has 6 N–H and O–H groups in total. The third-order valence-electron chi connectivity index (χ3n) is 0.965. The van der Waals surface area contributed by atoms with E-state index in [-0.39, 0.29) is 12.5 Å². The van der Waals surface area contributed by atoms with Crippen molar-refractivity contribution in [2.75, 3.05) is 14.1 Å². The molecular weight excluding hydrogens is 228 g/mol. The van der Waals surface area contributed by atoms with Crippen LogP contribution in [0.2, 0.25) is 0 Å². The quantitative estimate of drug-likeness (QED) is 0.220. The Hall–Kier alpha value is -0.290. The summed E-state index contributed by atoms with van der Waals surface area (Å²) in [5.41, 5.74) is 0. The molecule has 0 aliphatic rings. The van der Waals surface area contributed by atoms with Crippen molar-refractivity contribution in [1.82, 2.24) is 0 Å². The summed E-state index contributed by atoms with van der Waals surface area (Å²) in [7, 11) is -1.52. The predicted octanol–water partition coefficient (Wildman–Crippen LogP) is -4.30. The fourth-order valence-corrected chi connectivity index (χ4v) is 0. The molecule has 0 saturated carbocycles. The zero-order valence-corrected chi connectivity index (χ0v) is 10.1. The Morgan fingerprint density at radius 1 is 1.00 bits per heavy atom. The van der Waals surface area contributed by atoms with E-state index in [2.05, 4.69) is 0 Å². The third-order valence-corrected chi connectivity index (χ3v) is 0.965. The summed E-state index contributed by atoms with van der Waals surface area (Å²) >= 11 is 0. The lowest BCUT2D eigenvalue weighted by molar-refractivity contribution is -0.696. The molecule has 2 unspecified atom stereocenters. The fourth-order valence-electron chi connectivity index (χ4n) is 0. The molecule has 15 heavy (non-hydrogen) atoms. The van der Waals surface area contributed by atoms with Gasteiger partial charge in [-0.25, -0.2) is 0 Å². The largest absolute Gasteiger partial charge is 0.759 e. The Morgan fingerprint density at radius 3 is 1.07 bits per heavy atom. The molecule has 0 aliphatic heterocycles. The van der Waals surface area contributed by atoms with E-state index in [1.165, 1.54) is 0 Å². The van der Waals surface area contributed by atoms with E-state index < -0.39 is 10.4 Å². The SMILES string of the molecule is C[NH2+]C(C)O.C[NH2+]C(C)O.O=S(=O)([O-])[O-]. The maximum Gasteiger partial charge on any atom is 0.184 e. The first-order valence-electron chi connectivity index (χ1n) is 4.16. The summed E-state index contributed by atoms with van der Waals surface area (Å²) in [4.78, 5) is 0. The Kier molecular flexibility index (Phi) is 15.8. The molecule has 0 radical (unpaired) electrons. The van der Waals surface area contributed by atoms with Crippen molar-refractivity contribution in [1.29, 1.82) is 0 Å². The second-order valence-corrected chi connectivity index (χ2v) is 3.37. The van der Waals surface area contributed by atoms with Crippen molar-refractivity contribution in [2.45, 2.75) is 26.3 Å². The molecular formula is C6H20N2O6S. The fraction of sp³-hybridized carbons (Fsp3) is 1.00. The zero-order chi connectivity index (χ0) is 13.1. The van der Waals surface area contributed by atoms with E-state index in [0.29, 0.717) is 0 Å². The minimum atomic E-state index is -5.17. The van der Waals surface area contributed by atoms with Gasteiger partial charge in [-0.15, -0.1) is 0 Å². The number of rotatable bonds is 2. The summed E-state index contributed by atoms with van der Waals surface area (Å²) in [5, 5.41) is 20.1. The zero-order valence-electron chi connectivity index (χ0n) is 9.25. The predicted molar refractivity (Wildman–Crippen MR) is 49.5 cm³/mol. The molecule has 0 amide bonds. The standard InChI is InChI=1S/2C3H9NO.H2O4S/c2*1-3(5)4-2;1-5(2,3)4/h2*3-5H,1-2H3;(H2,1,2,3,4). The molecule has 0 aromatic heterocycles. The molecule has 2 atom stereocenters. The molecule has 0 aromatic carbocycles. The van der Waals surface area contributed by atoms with Gasteiger partial charge >= 0.3 is 0 Å². The molecule has 9 heteroatoms. The second-order valence-electron chi connectivity index (χ2n) is 2.56. The van der Waals surface area contributed by atoms with E-state index in [4.69, 9.17) is 27.7 Å². The highest BCUT2D eigenvalue weighted by Crippen LogP contribution is 1.57. The van der Waals surface area contributed by atoms with E-state index in [0.717, 1.165) is 0 Å². The van der Waals surface area contributed by atoms with Gasteiger partial charge in [-0.2, -0.15) is 0 Å². The first kappa shape index (κ1) is 20.2. The van der Waals surface area contributed by atoms with E-state index in [1.807, 2.05) is 14.1 Å². The van der Waals surface area contributed by atoms with Crippen LogP contribution in [0.3, 0.4) is 0 Å². The van der Waals surface area contributed by atoms with E-state index in [1.54, 1.807) is 24.5 Å². The summed E-state index contributed by atoms with van der Waals surface area (Å²) in [5.74, 6) is 0. The molecule has 0 heterocycles. The van der Waals surface area contributed by atoms with Gasteiger partial charge in [-0.3, -0.25) is 8.42 Å². The van der Waals surface area contributed by atoms with Crippen LogP contribution < -0.4 is 10.6 Å². The molecule has 0 spiro atoms. The Labute approximate surface area is 89.9 Å². The highest BCUT2D eigenvalue weighted by molar-refractivity contribution is 7.79. The van der Waals surface area contributed by atoms with Gasteiger partial charge in [0.25, 0.3) is 0 Å². The lowest BCUT2D eigenvalue weighted by atomic mass is 10.7. The van der Waals surface area contributed by atoms with Gasteiger partial charge in [0, 0.05) is 24.2 Å². The maximum absolute atomic E-state index is 8.52. The van der Waals surface area contributed by atoms with Gasteiger partial charge in [0.2, 0.25) is 0 Å². The Bertz CT molecular complexity index is 188. The molecule has 8 nitrogen and oxygen atoms in total. The average molecular weight is 248 g/mol. The number of nitrogens with two attached hydrogens (primary N) is 2. The Morgan fingerprint density at radius 2 is 1.07 bits per heavy atom. The van der Waals surface area contributed by atoms with Crippen LogP contribution in [0.1, 0.15) is 13.8 Å². The number of quaternary nitrogens is 2. The van der Waals surface area contributed by atoms with Crippen LogP contribution in [-0.2, 0) is 10.4 Å². The normalized spacial score (nSPS) is 13.9. The van der Waals surface area contributed by atoms with Crippen molar-refractivity contribution in [3.8, 4) is 0 Å². The summed E-state index contributed by atoms with van der Waals surface area (Å²) in [6, 6.07) is 0. The number of hydrogen-bond donors (Lipinski definition) is 4. The minimum absolute atomic E-state index is 0.241. The highest BCUT2D eigenvalue weighted by atomic mass is 32.3. The van der Waals surface area contributed by atoms with Crippen molar-refractivity contribution in [3.63, 3.8) is 0 Å². The molecule has 0 fully saturated rings. The van der Waals surface area contributed by atoms with Crippen LogP contribution in [0.4, 0.5) is 0 Å². The topological polar surface area (TPSA) is 154 Å². The maximum atomic E-state index is 8.52. The molecule has 0 aliphatic carbocycles. The van der Waals surface area contributed by atoms with Gasteiger partial charge in [0.05, 0.1) is 14.1 Å². The number of aliphatic hydroxyl groups excluding tert-OH is 2. The van der Waals surface area contributed by atoms with Crippen LogP contribution in [0.25, 0.3) is 0 Å².